The van der Waals surface area contributed by atoms with Crippen molar-refractivity contribution in [1.29, 1.82) is 0 Å². The summed E-state index contributed by atoms with van der Waals surface area (Å²) in [5, 5.41) is 0. The predicted octanol–water partition coefficient (Wildman–Crippen LogP) is 0.405. The highest BCUT2D eigenvalue weighted by atomic mass is 16.2. The van der Waals surface area contributed by atoms with Crippen LogP contribution < -0.4 is 11.2 Å². The van der Waals surface area contributed by atoms with E-state index in [-0.39, 0.29) is 5.56 Å². The standard InChI is InChI=1S/C8H10N2O2/c1-3-4-6-5(2)9-8(12)10-7(6)11/h3-4H,1-2H3,(H2,9,10,11,12)/b4-3-. The second-order valence-electron chi connectivity index (χ2n) is 2.45. The van der Waals surface area contributed by atoms with Gasteiger partial charge in [0.2, 0.25) is 0 Å². The van der Waals surface area contributed by atoms with Crippen molar-refractivity contribution in [2.75, 3.05) is 0 Å². The highest BCUT2D eigenvalue weighted by molar-refractivity contribution is 5.49. The molecule has 1 aromatic heterocycles. The Labute approximate surface area is 69.0 Å². The van der Waals surface area contributed by atoms with E-state index in [0.717, 1.165) is 0 Å². The molecular formula is C8H10N2O2. The Morgan fingerprint density at radius 3 is 2.42 bits per heavy atom. The Morgan fingerprint density at radius 1 is 1.25 bits per heavy atom. The average molecular weight is 166 g/mol. The number of allylic oxidation sites excluding steroid dienone is 1. The summed E-state index contributed by atoms with van der Waals surface area (Å²) in [6, 6.07) is 0. The van der Waals surface area contributed by atoms with E-state index in [1.165, 1.54) is 0 Å². The van der Waals surface area contributed by atoms with E-state index < -0.39 is 5.69 Å². The summed E-state index contributed by atoms with van der Waals surface area (Å²) >= 11 is 0. The lowest BCUT2D eigenvalue weighted by atomic mass is 10.2. The second-order valence-corrected chi connectivity index (χ2v) is 2.45. The lowest BCUT2D eigenvalue weighted by molar-refractivity contribution is 0.986. The molecule has 0 saturated heterocycles. The van der Waals surface area contributed by atoms with Crippen LogP contribution in [-0.2, 0) is 0 Å². The maximum absolute atomic E-state index is 11.1. The Morgan fingerprint density at radius 2 is 1.92 bits per heavy atom. The number of H-pyrrole nitrogens is 2. The van der Waals surface area contributed by atoms with Gasteiger partial charge in [-0.25, -0.2) is 4.79 Å². The Kier molecular flexibility index (Phi) is 2.28. The van der Waals surface area contributed by atoms with Crippen molar-refractivity contribution in [2.45, 2.75) is 13.8 Å². The minimum atomic E-state index is -0.467. The lowest BCUT2D eigenvalue weighted by Crippen LogP contribution is -2.25. The van der Waals surface area contributed by atoms with Crippen LogP contribution in [-0.4, -0.2) is 9.97 Å². The Bertz CT molecular complexity index is 412. The molecule has 0 radical (unpaired) electrons. The molecule has 1 heterocycles. The van der Waals surface area contributed by atoms with Crippen molar-refractivity contribution in [2.24, 2.45) is 0 Å². The van der Waals surface area contributed by atoms with Crippen LogP contribution in [0.25, 0.3) is 6.08 Å². The van der Waals surface area contributed by atoms with Crippen molar-refractivity contribution < 1.29 is 0 Å². The van der Waals surface area contributed by atoms with E-state index in [4.69, 9.17) is 0 Å². The zero-order chi connectivity index (χ0) is 9.14. The van der Waals surface area contributed by atoms with Crippen LogP contribution in [0.3, 0.4) is 0 Å². The summed E-state index contributed by atoms with van der Waals surface area (Å²) < 4.78 is 0. The van der Waals surface area contributed by atoms with Gasteiger partial charge in [0.05, 0.1) is 5.56 Å². The highest BCUT2D eigenvalue weighted by Crippen LogP contribution is 1.96. The van der Waals surface area contributed by atoms with Crippen LogP contribution in [0.2, 0.25) is 0 Å². The molecule has 1 aromatic rings. The molecule has 0 saturated carbocycles. The van der Waals surface area contributed by atoms with E-state index >= 15 is 0 Å². The molecule has 0 amide bonds. The van der Waals surface area contributed by atoms with Gasteiger partial charge in [0.1, 0.15) is 0 Å². The number of hydrogen-bond acceptors (Lipinski definition) is 2. The molecule has 0 aromatic carbocycles. The van der Waals surface area contributed by atoms with Crippen molar-refractivity contribution in [3.63, 3.8) is 0 Å². The Hall–Kier alpha value is -1.58. The van der Waals surface area contributed by atoms with Gasteiger partial charge in [-0.3, -0.25) is 9.78 Å². The number of hydrogen-bond donors (Lipinski definition) is 2. The summed E-state index contributed by atoms with van der Waals surface area (Å²) in [6.45, 7) is 3.50. The molecular weight excluding hydrogens is 156 g/mol. The van der Waals surface area contributed by atoms with Gasteiger partial charge >= 0.3 is 5.69 Å². The van der Waals surface area contributed by atoms with Crippen molar-refractivity contribution in [1.82, 2.24) is 9.97 Å². The summed E-state index contributed by atoms with van der Waals surface area (Å²) in [5.74, 6) is 0. The fourth-order valence-electron chi connectivity index (χ4n) is 0.977. The first-order valence-electron chi connectivity index (χ1n) is 3.61. The molecule has 0 atom stereocenters. The van der Waals surface area contributed by atoms with Gasteiger partial charge in [0.25, 0.3) is 5.56 Å². The van der Waals surface area contributed by atoms with Crippen LogP contribution >= 0.6 is 0 Å². The predicted molar refractivity (Wildman–Crippen MR) is 47.1 cm³/mol. The zero-order valence-corrected chi connectivity index (χ0v) is 6.97. The lowest BCUT2D eigenvalue weighted by Gasteiger charge is -1.95. The summed E-state index contributed by atoms with van der Waals surface area (Å²) in [7, 11) is 0. The maximum Gasteiger partial charge on any atom is 0.325 e. The van der Waals surface area contributed by atoms with Gasteiger partial charge in [-0.05, 0) is 13.8 Å². The first kappa shape index (κ1) is 8.52. The van der Waals surface area contributed by atoms with Crippen LogP contribution in [0.5, 0.6) is 0 Å². The fourth-order valence-corrected chi connectivity index (χ4v) is 0.977. The summed E-state index contributed by atoms with van der Waals surface area (Å²) in [6.07, 6.45) is 3.40. The monoisotopic (exact) mass is 166 g/mol. The van der Waals surface area contributed by atoms with Gasteiger partial charge in [0.15, 0.2) is 0 Å². The highest BCUT2D eigenvalue weighted by Gasteiger charge is 1.99. The van der Waals surface area contributed by atoms with Crippen molar-refractivity contribution in [3.05, 3.63) is 38.2 Å². The topological polar surface area (TPSA) is 65.7 Å². The number of nitrogens with one attached hydrogen (secondary N) is 2. The van der Waals surface area contributed by atoms with Gasteiger partial charge in [0, 0.05) is 5.69 Å². The molecule has 0 bridgehead atoms. The van der Waals surface area contributed by atoms with Gasteiger partial charge in [-0.2, -0.15) is 0 Å². The molecule has 0 unspecified atom stereocenters. The van der Waals surface area contributed by atoms with Gasteiger partial charge in [-0.1, -0.05) is 12.2 Å². The van der Waals surface area contributed by atoms with E-state index in [0.29, 0.717) is 11.3 Å². The minimum Gasteiger partial charge on any atom is -0.311 e. The normalized spacial score (nSPS) is 10.8. The molecule has 0 aliphatic carbocycles. The van der Waals surface area contributed by atoms with Crippen LogP contribution in [0, 0.1) is 6.92 Å². The average Bonchev–Trinajstić information content (AvgIpc) is 1.96. The minimum absolute atomic E-state index is 0.352. The van der Waals surface area contributed by atoms with E-state index in [2.05, 4.69) is 9.97 Å². The molecule has 2 N–H and O–H groups in total. The fraction of sp³-hybridized carbons (Fsp3) is 0.250. The van der Waals surface area contributed by atoms with E-state index in [1.54, 1.807) is 19.1 Å². The molecule has 1 rings (SSSR count). The molecule has 0 spiro atoms. The van der Waals surface area contributed by atoms with E-state index in [1.807, 2.05) is 6.92 Å². The Balaban J connectivity index is 3.49. The van der Waals surface area contributed by atoms with Crippen LogP contribution in [0.15, 0.2) is 15.7 Å². The smallest absolute Gasteiger partial charge is 0.311 e. The SMILES string of the molecule is C/C=C\c1c(C)[nH]c(=O)[nH]c1=O. The third-order valence-electron chi connectivity index (χ3n) is 1.51. The van der Waals surface area contributed by atoms with Crippen molar-refractivity contribution in [3.8, 4) is 0 Å². The van der Waals surface area contributed by atoms with Gasteiger partial charge in [-0.15, -0.1) is 0 Å². The largest absolute Gasteiger partial charge is 0.325 e. The molecule has 12 heavy (non-hydrogen) atoms. The molecule has 4 nitrogen and oxygen atoms in total. The van der Waals surface area contributed by atoms with Gasteiger partial charge < -0.3 is 4.98 Å². The molecule has 4 heteroatoms. The number of aromatic nitrogens is 2. The third kappa shape index (κ3) is 1.53. The second kappa shape index (κ2) is 3.21. The number of aromatic amines is 2. The number of rotatable bonds is 1. The quantitative estimate of drug-likeness (QED) is 0.634. The summed E-state index contributed by atoms with van der Waals surface area (Å²) in [5.41, 5.74) is 0.263. The zero-order valence-electron chi connectivity index (χ0n) is 6.97. The first-order chi connectivity index (χ1) is 5.65. The third-order valence-corrected chi connectivity index (χ3v) is 1.51. The number of aryl methyl sites for hydroxylation is 1. The molecule has 0 fully saturated rings. The van der Waals surface area contributed by atoms with E-state index in [9.17, 15) is 9.59 Å². The maximum atomic E-state index is 11.1. The van der Waals surface area contributed by atoms with Crippen LogP contribution in [0.1, 0.15) is 18.2 Å². The molecule has 0 aliphatic heterocycles. The van der Waals surface area contributed by atoms with Crippen LogP contribution in [0.4, 0.5) is 0 Å². The summed E-state index contributed by atoms with van der Waals surface area (Å²) in [4.78, 5) is 26.5. The molecule has 0 aliphatic rings. The molecule has 64 valence electrons. The van der Waals surface area contributed by atoms with Crippen molar-refractivity contribution >= 4 is 6.08 Å². The first-order valence-corrected chi connectivity index (χ1v) is 3.61.